The molecule has 0 atom stereocenters. The zero-order valence-electron chi connectivity index (χ0n) is 9.96. The molecule has 16 heavy (non-hydrogen) atoms. The van der Waals surface area contributed by atoms with Crippen LogP contribution >= 0.6 is 11.6 Å². The van der Waals surface area contributed by atoms with Crippen LogP contribution in [0, 0.1) is 6.92 Å². The average molecular weight is 239 g/mol. The Morgan fingerprint density at radius 1 is 1.31 bits per heavy atom. The Balaban J connectivity index is 2.08. The summed E-state index contributed by atoms with van der Waals surface area (Å²) in [5.74, 6) is 0. The summed E-state index contributed by atoms with van der Waals surface area (Å²) in [6, 6.07) is 6.98. The van der Waals surface area contributed by atoms with E-state index < -0.39 is 0 Å². The summed E-state index contributed by atoms with van der Waals surface area (Å²) in [6.07, 6.45) is 2.39. The molecular formula is C13H19ClN2. The fourth-order valence-electron chi connectivity index (χ4n) is 2.28. The maximum absolute atomic E-state index is 6.28. The molecule has 2 rings (SSSR count). The van der Waals surface area contributed by atoms with Crippen molar-refractivity contribution in [1.82, 2.24) is 5.32 Å². The van der Waals surface area contributed by atoms with E-state index in [1.165, 1.54) is 24.1 Å². The number of aryl methyl sites for hydroxylation is 1. The maximum atomic E-state index is 6.28. The predicted octanol–water partition coefficient (Wildman–Crippen LogP) is 2.84. The summed E-state index contributed by atoms with van der Waals surface area (Å²) < 4.78 is 0. The van der Waals surface area contributed by atoms with E-state index in [-0.39, 0.29) is 0 Å². The Morgan fingerprint density at radius 2 is 2.00 bits per heavy atom. The van der Waals surface area contributed by atoms with Crippen LogP contribution in [0.25, 0.3) is 0 Å². The minimum Gasteiger partial charge on any atom is -0.370 e. The molecular weight excluding hydrogens is 220 g/mol. The van der Waals surface area contributed by atoms with Crippen LogP contribution in [0.1, 0.15) is 18.4 Å². The number of anilines is 1. The predicted molar refractivity (Wildman–Crippen MR) is 70.5 cm³/mol. The van der Waals surface area contributed by atoms with Crippen LogP contribution in [0.5, 0.6) is 0 Å². The smallest absolute Gasteiger partial charge is 0.0642 e. The molecule has 0 spiro atoms. The van der Waals surface area contributed by atoms with Gasteiger partial charge in [0.25, 0.3) is 0 Å². The first-order valence-corrected chi connectivity index (χ1v) is 6.27. The molecule has 0 unspecified atom stereocenters. The molecule has 1 heterocycles. The second kappa shape index (κ2) is 5.07. The topological polar surface area (TPSA) is 15.3 Å². The van der Waals surface area contributed by atoms with Crippen molar-refractivity contribution < 1.29 is 0 Å². The quantitative estimate of drug-likeness (QED) is 0.853. The van der Waals surface area contributed by atoms with Crippen molar-refractivity contribution >= 4 is 17.3 Å². The number of piperidine rings is 1. The minimum absolute atomic E-state index is 0.667. The molecule has 2 nitrogen and oxygen atoms in total. The van der Waals surface area contributed by atoms with Crippen LogP contribution in [0.15, 0.2) is 18.2 Å². The number of rotatable bonds is 2. The van der Waals surface area contributed by atoms with Crippen molar-refractivity contribution in [2.24, 2.45) is 0 Å². The van der Waals surface area contributed by atoms with Gasteiger partial charge < -0.3 is 10.2 Å². The molecule has 0 radical (unpaired) electrons. The van der Waals surface area contributed by atoms with E-state index in [4.69, 9.17) is 11.6 Å². The van der Waals surface area contributed by atoms with Crippen LogP contribution in [0.3, 0.4) is 0 Å². The third-order valence-corrected chi connectivity index (χ3v) is 3.65. The number of halogens is 1. The highest BCUT2D eigenvalue weighted by Gasteiger charge is 2.19. The van der Waals surface area contributed by atoms with Crippen LogP contribution in [0.4, 0.5) is 5.69 Å². The highest BCUT2D eigenvalue weighted by molar-refractivity contribution is 6.33. The van der Waals surface area contributed by atoms with Crippen molar-refractivity contribution in [3.05, 3.63) is 28.8 Å². The largest absolute Gasteiger partial charge is 0.370 e. The summed E-state index contributed by atoms with van der Waals surface area (Å²) in [5.41, 5.74) is 2.40. The van der Waals surface area contributed by atoms with Gasteiger partial charge in [0.1, 0.15) is 0 Å². The summed E-state index contributed by atoms with van der Waals surface area (Å²) in [4.78, 5) is 2.38. The summed E-state index contributed by atoms with van der Waals surface area (Å²) >= 11 is 6.28. The fraction of sp³-hybridized carbons (Fsp3) is 0.538. The number of nitrogens with one attached hydrogen (secondary N) is 1. The minimum atomic E-state index is 0.667. The second-order valence-electron chi connectivity index (χ2n) is 4.50. The number of hydrogen-bond donors (Lipinski definition) is 1. The Labute approximate surface area is 103 Å². The Bertz CT molecular complexity index is 357. The van der Waals surface area contributed by atoms with Gasteiger partial charge in [0.05, 0.1) is 10.7 Å². The van der Waals surface area contributed by atoms with Crippen molar-refractivity contribution in [3.8, 4) is 0 Å². The molecule has 1 N–H and O–H groups in total. The SMILES string of the molecule is CNC1CCN(c2ccc(C)cc2Cl)CC1. The van der Waals surface area contributed by atoms with E-state index >= 15 is 0 Å². The molecule has 0 saturated carbocycles. The monoisotopic (exact) mass is 238 g/mol. The van der Waals surface area contributed by atoms with E-state index in [0.717, 1.165) is 18.1 Å². The number of hydrogen-bond acceptors (Lipinski definition) is 2. The van der Waals surface area contributed by atoms with Gasteiger partial charge in [-0.3, -0.25) is 0 Å². The molecule has 1 fully saturated rings. The molecule has 1 aromatic rings. The molecule has 0 bridgehead atoms. The lowest BCUT2D eigenvalue weighted by atomic mass is 10.0. The zero-order valence-corrected chi connectivity index (χ0v) is 10.7. The van der Waals surface area contributed by atoms with E-state index in [1.54, 1.807) is 0 Å². The normalized spacial score (nSPS) is 17.8. The van der Waals surface area contributed by atoms with Crippen molar-refractivity contribution in [2.75, 3.05) is 25.0 Å². The highest BCUT2D eigenvalue weighted by Crippen LogP contribution is 2.28. The van der Waals surface area contributed by atoms with Gasteiger partial charge in [-0.1, -0.05) is 17.7 Å². The molecule has 1 aromatic carbocycles. The third-order valence-electron chi connectivity index (χ3n) is 3.35. The molecule has 88 valence electrons. The van der Waals surface area contributed by atoms with Crippen LogP contribution in [0.2, 0.25) is 5.02 Å². The van der Waals surface area contributed by atoms with Gasteiger partial charge in [-0.2, -0.15) is 0 Å². The van der Waals surface area contributed by atoms with Gasteiger partial charge in [0.15, 0.2) is 0 Å². The van der Waals surface area contributed by atoms with Gasteiger partial charge in [-0.25, -0.2) is 0 Å². The van der Waals surface area contributed by atoms with Crippen LogP contribution in [-0.4, -0.2) is 26.2 Å². The number of benzene rings is 1. The lowest BCUT2D eigenvalue weighted by Crippen LogP contribution is -2.41. The van der Waals surface area contributed by atoms with Gasteiger partial charge in [-0.15, -0.1) is 0 Å². The molecule has 0 aromatic heterocycles. The fourth-order valence-corrected chi connectivity index (χ4v) is 2.63. The third kappa shape index (κ3) is 2.50. The van der Waals surface area contributed by atoms with Crippen LogP contribution in [-0.2, 0) is 0 Å². The molecule has 1 aliphatic heterocycles. The molecule has 1 aliphatic rings. The Kier molecular flexibility index (Phi) is 3.72. The first-order valence-electron chi connectivity index (χ1n) is 5.89. The standard InChI is InChI=1S/C13H19ClN2/c1-10-3-4-13(12(14)9-10)16-7-5-11(15-2)6-8-16/h3-4,9,11,15H,5-8H2,1-2H3. The highest BCUT2D eigenvalue weighted by atomic mass is 35.5. The lowest BCUT2D eigenvalue weighted by Gasteiger charge is -2.34. The summed E-state index contributed by atoms with van der Waals surface area (Å²) in [7, 11) is 2.04. The van der Waals surface area contributed by atoms with Crippen LogP contribution < -0.4 is 10.2 Å². The van der Waals surface area contributed by atoms with Crippen molar-refractivity contribution in [2.45, 2.75) is 25.8 Å². The van der Waals surface area contributed by atoms with E-state index in [9.17, 15) is 0 Å². The average Bonchev–Trinajstić information content (AvgIpc) is 2.29. The van der Waals surface area contributed by atoms with E-state index in [0.29, 0.717) is 6.04 Å². The first kappa shape index (κ1) is 11.7. The zero-order chi connectivity index (χ0) is 11.5. The van der Waals surface area contributed by atoms with Crippen molar-refractivity contribution in [3.63, 3.8) is 0 Å². The molecule has 0 aliphatic carbocycles. The maximum Gasteiger partial charge on any atom is 0.0642 e. The first-order chi connectivity index (χ1) is 7.70. The van der Waals surface area contributed by atoms with E-state index in [1.807, 2.05) is 13.1 Å². The Morgan fingerprint density at radius 3 is 2.56 bits per heavy atom. The molecule has 1 saturated heterocycles. The van der Waals surface area contributed by atoms with E-state index in [2.05, 4.69) is 29.3 Å². The second-order valence-corrected chi connectivity index (χ2v) is 4.91. The van der Waals surface area contributed by atoms with Gasteiger partial charge >= 0.3 is 0 Å². The summed E-state index contributed by atoms with van der Waals surface area (Å²) in [6.45, 7) is 4.26. The lowest BCUT2D eigenvalue weighted by molar-refractivity contribution is 0.442. The van der Waals surface area contributed by atoms with Gasteiger partial charge in [0.2, 0.25) is 0 Å². The molecule has 3 heteroatoms. The molecule has 0 amide bonds. The Hall–Kier alpha value is -0.730. The van der Waals surface area contributed by atoms with Gasteiger partial charge in [-0.05, 0) is 44.5 Å². The van der Waals surface area contributed by atoms with Crippen molar-refractivity contribution in [1.29, 1.82) is 0 Å². The summed E-state index contributed by atoms with van der Waals surface area (Å²) in [5, 5.41) is 4.22. The van der Waals surface area contributed by atoms with Gasteiger partial charge in [0, 0.05) is 19.1 Å². The number of nitrogens with zero attached hydrogens (tertiary/aromatic N) is 1.